The van der Waals surface area contributed by atoms with Gasteiger partial charge >= 0.3 is 0 Å². The van der Waals surface area contributed by atoms with Crippen LogP contribution in [0.1, 0.15) is 36.8 Å². The predicted octanol–water partition coefficient (Wildman–Crippen LogP) is 1.72. The highest BCUT2D eigenvalue weighted by Gasteiger charge is 2.44. The molecular formula is C17H20N2O2. The van der Waals surface area contributed by atoms with Crippen LogP contribution in [-0.2, 0) is 22.6 Å². The Morgan fingerprint density at radius 3 is 2.38 bits per heavy atom. The van der Waals surface area contributed by atoms with Gasteiger partial charge in [0.2, 0.25) is 11.8 Å². The molecule has 110 valence electrons. The molecule has 1 saturated carbocycles. The van der Waals surface area contributed by atoms with E-state index in [9.17, 15) is 9.59 Å². The van der Waals surface area contributed by atoms with Crippen molar-refractivity contribution in [2.45, 2.75) is 50.7 Å². The lowest BCUT2D eigenvalue weighted by atomic mass is 9.91. The van der Waals surface area contributed by atoms with Crippen molar-refractivity contribution in [3.63, 3.8) is 0 Å². The van der Waals surface area contributed by atoms with Gasteiger partial charge in [-0.25, -0.2) is 0 Å². The van der Waals surface area contributed by atoms with E-state index in [1.165, 1.54) is 24.0 Å². The van der Waals surface area contributed by atoms with Gasteiger partial charge in [-0.1, -0.05) is 37.1 Å². The molecule has 21 heavy (non-hydrogen) atoms. The monoisotopic (exact) mass is 284 g/mol. The zero-order valence-electron chi connectivity index (χ0n) is 12.1. The number of amides is 2. The molecule has 0 N–H and O–H groups in total. The summed E-state index contributed by atoms with van der Waals surface area (Å²) in [7, 11) is 0. The fourth-order valence-corrected chi connectivity index (χ4v) is 4.04. The molecule has 2 amide bonds. The fraction of sp³-hybridized carbons (Fsp3) is 0.529. The maximum Gasteiger partial charge on any atom is 0.246 e. The summed E-state index contributed by atoms with van der Waals surface area (Å²) in [4.78, 5) is 29.0. The lowest BCUT2D eigenvalue weighted by molar-refractivity contribution is -0.159. The smallest absolute Gasteiger partial charge is 0.246 e. The molecule has 2 heterocycles. The first-order valence-electron chi connectivity index (χ1n) is 7.91. The van der Waals surface area contributed by atoms with Crippen molar-refractivity contribution in [1.29, 1.82) is 0 Å². The molecule has 2 fully saturated rings. The van der Waals surface area contributed by atoms with Gasteiger partial charge in [0, 0.05) is 19.0 Å². The number of hydrogen-bond acceptors (Lipinski definition) is 2. The molecule has 4 rings (SSSR count). The van der Waals surface area contributed by atoms with Crippen molar-refractivity contribution in [2.24, 2.45) is 0 Å². The van der Waals surface area contributed by atoms with Gasteiger partial charge in [0.05, 0.1) is 0 Å². The molecule has 0 bridgehead atoms. The second-order valence-electron chi connectivity index (χ2n) is 6.41. The minimum atomic E-state index is -0.276. The minimum Gasteiger partial charge on any atom is -0.329 e. The van der Waals surface area contributed by atoms with Crippen LogP contribution in [0.4, 0.5) is 0 Å². The highest BCUT2D eigenvalue weighted by Crippen LogP contribution is 2.31. The second-order valence-corrected chi connectivity index (χ2v) is 6.41. The second kappa shape index (κ2) is 4.86. The third-order valence-electron chi connectivity index (χ3n) is 5.21. The number of fused-ring (bicyclic) bond motifs is 2. The zero-order chi connectivity index (χ0) is 14.4. The van der Waals surface area contributed by atoms with Crippen molar-refractivity contribution in [3.8, 4) is 0 Å². The molecule has 1 saturated heterocycles. The maximum atomic E-state index is 12.8. The maximum absolute atomic E-state index is 12.8. The summed E-state index contributed by atoms with van der Waals surface area (Å²) in [5.74, 6) is 0.275. The van der Waals surface area contributed by atoms with E-state index < -0.39 is 0 Å². The van der Waals surface area contributed by atoms with Crippen LogP contribution in [0.15, 0.2) is 24.3 Å². The quantitative estimate of drug-likeness (QED) is 0.788. The number of rotatable bonds is 1. The van der Waals surface area contributed by atoms with Gasteiger partial charge in [0.25, 0.3) is 0 Å². The standard InChI is InChI=1S/C17H20N2O2/c20-16-11-18(14-7-3-4-8-14)17(21)15-9-12-5-1-2-6-13(12)10-19(15)16/h1-2,5-6,14-15H,3-4,7-11H2/t15-/m1/s1. The van der Waals surface area contributed by atoms with Crippen molar-refractivity contribution >= 4 is 11.8 Å². The van der Waals surface area contributed by atoms with Crippen LogP contribution < -0.4 is 0 Å². The Hall–Kier alpha value is -1.84. The molecule has 0 unspecified atom stereocenters. The van der Waals surface area contributed by atoms with Crippen molar-refractivity contribution in [3.05, 3.63) is 35.4 Å². The van der Waals surface area contributed by atoms with E-state index in [0.717, 1.165) is 12.8 Å². The van der Waals surface area contributed by atoms with Crippen molar-refractivity contribution < 1.29 is 9.59 Å². The predicted molar refractivity (Wildman–Crippen MR) is 78.5 cm³/mol. The van der Waals surface area contributed by atoms with Gasteiger partial charge < -0.3 is 9.80 Å². The first kappa shape index (κ1) is 12.9. The highest BCUT2D eigenvalue weighted by molar-refractivity contribution is 5.95. The summed E-state index contributed by atoms with van der Waals surface area (Å²) >= 11 is 0. The van der Waals surface area contributed by atoms with Crippen LogP contribution in [0.2, 0.25) is 0 Å². The Labute approximate surface area is 124 Å². The van der Waals surface area contributed by atoms with E-state index in [1.807, 2.05) is 17.0 Å². The highest BCUT2D eigenvalue weighted by atomic mass is 16.2. The van der Waals surface area contributed by atoms with Crippen LogP contribution in [0.25, 0.3) is 0 Å². The van der Waals surface area contributed by atoms with Crippen LogP contribution in [0, 0.1) is 0 Å². The first-order chi connectivity index (χ1) is 10.2. The summed E-state index contributed by atoms with van der Waals surface area (Å²) in [6.07, 6.45) is 5.15. The third-order valence-corrected chi connectivity index (χ3v) is 5.21. The van der Waals surface area contributed by atoms with E-state index in [2.05, 4.69) is 12.1 Å². The van der Waals surface area contributed by atoms with Gasteiger partial charge in [-0.15, -0.1) is 0 Å². The summed E-state index contributed by atoms with van der Waals surface area (Å²) < 4.78 is 0. The summed E-state index contributed by atoms with van der Waals surface area (Å²) in [5.41, 5.74) is 2.40. The molecule has 1 aliphatic carbocycles. The van der Waals surface area contributed by atoms with Gasteiger partial charge in [0.1, 0.15) is 12.6 Å². The summed E-state index contributed by atoms with van der Waals surface area (Å²) in [5, 5.41) is 0. The largest absolute Gasteiger partial charge is 0.329 e. The molecule has 1 aromatic carbocycles. The molecule has 0 aromatic heterocycles. The first-order valence-corrected chi connectivity index (χ1v) is 7.91. The summed E-state index contributed by atoms with van der Waals surface area (Å²) in [6.45, 7) is 0.867. The molecule has 3 aliphatic rings. The van der Waals surface area contributed by atoms with Crippen LogP contribution in [0.3, 0.4) is 0 Å². The van der Waals surface area contributed by atoms with Crippen LogP contribution >= 0.6 is 0 Å². The SMILES string of the molecule is O=C1[C@H]2Cc3ccccc3CN2C(=O)CN1C1CCCC1. The van der Waals surface area contributed by atoms with Gasteiger partial charge in [-0.3, -0.25) is 9.59 Å². The lowest BCUT2D eigenvalue weighted by Gasteiger charge is -2.45. The van der Waals surface area contributed by atoms with Gasteiger partial charge in [-0.2, -0.15) is 0 Å². The van der Waals surface area contributed by atoms with Gasteiger partial charge in [-0.05, 0) is 24.0 Å². The third kappa shape index (κ3) is 2.04. The average Bonchev–Trinajstić information content (AvgIpc) is 3.03. The Kier molecular flexibility index (Phi) is 2.98. The molecule has 0 radical (unpaired) electrons. The number of carbonyl (C=O) groups is 2. The Bertz CT molecular complexity index is 592. The van der Waals surface area contributed by atoms with Gasteiger partial charge in [0.15, 0.2) is 0 Å². The topological polar surface area (TPSA) is 40.6 Å². The van der Waals surface area contributed by atoms with E-state index in [1.54, 1.807) is 4.90 Å². The fourth-order valence-electron chi connectivity index (χ4n) is 4.04. The van der Waals surface area contributed by atoms with Crippen LogP contribution in [-0.4, -0.2) is 40.2 Å². The number of carbonyl (C=O) groups excluding carboxylic acids is 2. The van der Waals surface area contributed by atoms with Crippen molar-refractivity contribution in [2.75, 3.05) is 6.54 Å². The normalized spacial score (nSPS) is 26.0. The van der Waals surface area contributed by atoms with Crippen LogP contribution in [0.5, 0.6) is 0 Å². The molecule has 4 nitrogen and oxygen atoms in total. The number of piperazine rings is 1. The number of benzene rings is 1. The molecule has 1 aromatic rings. The molecule has 2 aliphatic heterocycles. The number of nitrogens with zero attached hydrogens (tertiary/aromatic N) is 2. The zero-order valence-corrected chi connectivity index (χ0v) is 12.1. The molecule has 1 atom stereocenters. The average molecular weight is 284 g/mol. The Morgan fingerprint density at radius 1 is 0.905 bits per heavy atom. The van der Waals surface area contributed by atoms with E-state index in [0.29, 0.717) is 19.0 Å². The molecule has 4 heteroatoms. The lowest BCUT2D eigenvalue weighted by Crippen LogP contribution is -2.63. The minimum absolute atomic E-state index is 0.112. The van der Waals surface area contributed by atoms with E-state index in [4.69, 9.17) is 0 Å². The molecular weight excluding hydrogens is 264 g/mol. The molecule has 0 spiro atoms. The Balaban J connectivity index is 1.64. The van der Waals surface area contributed by atoms with Crippen molar-refractivity contribution in [1.82, 2.24) is 9.80 Å². The van der Waals surface area contributed by atoms with E-state index in [-0.39, 0.29) is 24.4 Å². The Morgan fingerprint density at radius 2 is 1.62 bits per heavy atom. The van der Waals surface area contributed by atoms with E-state index >= 15 is 0 Å². The summed E-state index contributed by atoms with van der Waals surface area (Å²) in [6, 6.07) is 8.17. The number of hydrogen-bond donors (Lipinski definition) is 0.